The average molecular weight is 1140 g/mol. The zero-order valence-corrected chi connectivity index (χ0v) is 46.9. The summed E-state index contributed by atoms with van der Waals surface area (Å²) in [4.78, 5) is 13.4. The van der Waals surface area contributed by atoms with Crippen LogP contribution in [0.2, 0.25) is 0 Å². The van der Waals surface area contributed by atoms with Crippen LogP contribution in [-0.4, -0.2) is 58.0 Å². The number of rotatable bonds is 5. The molecule has 1 aromatic carbocycles. The monoisotopic (exact) mass is 1140 g/mol. The predicted octanol–water partition coefficient (Wildman–Crippen LogP) is 15.4. The number of nitrogens with one attached hydrogen (secondary N) is 2. The van der Waals surface area contributed by atoms with Crippen LogP contribution < -0.4 is 10.6 Å². The van der Waals surface area contributed by atoms with Crippen molar-refractivity contribution >= 4 is 75.4 Å². The fourth-order valence-electron chi connectivity index (χ4n) is 9.15. The van der Waals surface area contributed by atoms with Crippen molar-refractivity contribution in [1.29, 1.82) is 5.26 Å². The van der Waals surface area contributed by atoms with Gasteiger partial charge in [-0.15, -0.1) is 0 Å². The summed E-state index contributed by atoms with van der Waals surface area (Å²) in [6.45, 7) is 46.2. The first kappa shape index (κ1) is 56.4. The summed E-state index contributed by atoms with van der Waals surface area (Å²) in [5.41, 5.74) is 1.07. The van der Waals surface area contributed by atoms with Crippen LogP contribution in [0.5, 0.6) is 0 Å². The average Bonchev–Trinajstić information content (AvgIpc) is 3.35. The number of anilines is 2. The molecule has 2 aromatic heterocycles. The molecule has 6 nitrogen and oxygen atoms in total. The number of fused-ring (bicyclic) bond motifs is 1. The van der Waals surface area contributed by atoms with E-state index in [0.29, 0.717) is 39.1 Å². The van der Waals surface area contributed by atoms with Gasteiger partial charge in [0, 0.05) is 65.3 Å². The molecule has 0 radical (unpaired) electrons. The minimum atomic E-state index is -2.22. The van der Waals surface area contributed by atoms with E-state index in [4.69, 9.17) is 0 Å². The molecule has 2 N–H and O–H groups in total. The number of hydrogen-bond donors (Lipinski definition) is 2. The summed E-state index contributed by atoms with van der Waals surface area (Å²) in [5, 5.41) is 19.3. The van der Waals surface area contributed by atoms with Gasteiger partial charge in [0.2, 0.25) is 0 Å². The van der Waals surface area contributed by atoms with Crippen molar-refractivity contribution in [1.82, 2.24) is 15.0 Å². The predicted molar refractivity (Wildman–Crippen MR) is 255 cm³/mol. The summed E-state index contributed by atoms with van der Waals surface area (Å²) in [6, 6.07) is 11.2. The van der Waals surface area contributed by atoms with Crippen LogP contribution in [0.3, 0.4) is 0 Å². The van der Waals surface area contributed by atoms with E-state index in [1.807, 2.05) is 32.0 Å². The Morgan fingerprint density at radius 3 is 1.45 bits per heavy atom. The van der Waals surface area contributed by atoms with Gasteiger partial charge in [-0.3, -0.25) is 4.98 Å². The third-order valence-electron chi connectivity index (χ3n) is 10.2. The molecular formula is C43H74Br2N6P2Pd2S. The zero-order chi connectivity index (χ0) is 42.2. The summed E-state index contributed by atoms with van der Waals surface area (Å²) in [5.74, 6) is 0.711. The van der Waals surface area contributed by atoms with Crippen LogP contribution in [0.15, 0.2) is 36.7 Å². The zero-order valence-electron chi connectivity index (χ0n) is 38.0. The van der Waals surface area contributed by atoms with Gasteiger partial charge in [0.15, 0.2) is 5.13 Å². The Balaban J connectivity index is 0.000000873. The molecule has 3 aromatic rings. The first-order valence-corrected chi connectivity index (χ1v) is 27.8. The van der Waals surface area contributed by atoms with Gasteiger partial charge < -0.3 is 10.6 Å². The SMILES string of the molecule is CC(C)(C#N)c1nccnc1N[C@H]1C[C@H](Nc2nc3ccccc3s2)C1.CC(C)(C)P(Br)(Br)(C(C)(C)C)C(C)(C)C.CC(C)(C)P(C(C)(C)C)C(C)(C)C.[Pd].[Pd]. The minimum Gasteiger partial charge on any atom is -0.0901 e. The van der Waals surface area contributed by atoms with Gasteiger partial charge in [-0.1, -0.05) is 93.7 Å². The molecule has 0 spiro atoms. The number of thiazole rings is 1. The van der Waals surface area contributed by atoms with Crippen molar-refractivity contribution in [3.8, 4) is 6.07 Å². The van der Waals surface area contributed by atoms with Gasteiger partial charge in [-0.2, -0.15) is 5.26 Å². The van der Waals surface area contributed by atoms with E-state index in [9.17, 15) is 5.26 Å². The quantitative estimate of drug-likeness (QED) is 0.196. The minimum absolute atomic E-state index is 0. The number of halogens is 2. The van der Waals surface area contributed by atoms with Crippen LogP contribution in [0.1, 0.15) is 157 Å². The summed E-state index contributed by atoms with van der Waals surface area (Å²) in [7, 11) is 0.0162. The van der Waals surface area contributed by atoms with Gasteiger partial charge in [0.05, 0.1) is 21.7 Å². The fraction of sp³-hybridized carbons (Fsp3) is 0.721. The van der Waals surface area contributed by atoms with Gasteiger partial charge in [0.25, 0.3) is 0 Å². The molecule has 0 bridgehead atoms. The standard InChI is InChI=1S/C19H20N6S.C12H27Br2P.C12H27P.2Pd/c1-19(2,11-20)16-17(22-8-7-21-16)23-12-9-13(10-12)24-18-25-14-5-3-4-6-15(14)26-18;1-10(2,3)15(13,14,11(4,5)6)12(7,8)9;1-10(2,3)13(11(4,5)6)12(7,8)9;;/h3-8,12-13H,9-10H2,1-2H3,(H,22,23)(H,24,25);1-9H3;1-9H3;;/t12-,13-;;;;. The maximum absolute atomic E-state index is 9.38. The summed E-state index contributed by atoms with van der Waals surface area (Å²) in [6.07, 6.45) is 5.27. The molecule has 13 heteroatoms. The molecule has 1 aliphatic carbocycles. The smallest absolute Gasteiger partial charge is 0 e. The fourth-order valence-corrected chi connectivity index (χ4v) is 22.2. The molecule has 1 aliphatic rings. The van der Waals surface area contributed by atoms with E-state index in [-0.39, 0.29) is 64.2 Å². The molecule has 1 fully saturated rings. The van der Waals surface area contributed by atoms with E-state index in [0.717, 1.165) is 23.5 Å². The second kappa shape index (κ2) is 19.6. The van der Waals surface area contributed by atoms with E-state index in [1.54, 1.807) is 23.7 Å². The molecule has 56 heavy (non-hydrogen) atoms. The first-order chi connectivity index (χ1) is 24.0. The summed E-state index contributed by atoms with van der Waals surface area (Å²) < 4.78 is -1.02. The Morgan fingerprint density at radius 2 is 1.09 bits per heavy atom. The molecule has 0 unspecified atom stereocenters. The maximum Gasteiger partial charge on any atom is 0 e. The number of nitrogens with zero attached hydrogens (tertiary/aromatic N) is 4. The molecule has 0 saturated heterocycles. The van der Waals surface area contributed by atoms with E-state index < -0.39 is 9.42 Å². The topological polar surface area (TPSA) is 86.5 Å². The van der Waals surface area contributed by atoms with Crippen molar-refractivity contribution in [3.63, 3.8) is 0 Å². The third-order valence-corrected chi connectivity index (χ3v) is 41.4. The number of para-hydroxylation sites is 1. The van der Waals surface area contributed by atoms with Crippen LogP contribution in [0.4, 0.5) is 10.9 Å². The van der Waals surface area contributed by atoms with E-state index >= 15 is 0 Å². The van der Waals surface area contributed by atoms with Crippen molar-refractivity contribution in [3.05, 3.63) is 42.4 Å². The molecule has 4 rings (SSSR count). The van der Waals surface area contributed by atoms with Crippen LogP contribution in [0.25, 0.3) is 10.2 Å². The molecule has 0 atom stereocenters. The van der Waals surface area contributed by atoms with Crippen molar-refractivity contribution < 1.29 is 40.8 Å². The van der Waals surface area contributed by atoms with Gasteiger partial charge >= 0.3 is 113 Å². The van der Waals surface area contributed by atoms with E-state index in [1.165, 1.54) is 4.70 Å². The Morgan fingerprint density at radius 1 is 0.679 bits per heavy atom. The van der Waals surface area contributed by atoms with Crippen LogP contribution in [-0.2, 0) is 46.3 Å². The van der Waals surface area contributed by atoms with Crippen molar-refractivity contribution in [2.75, 3.05) is 10.6 Å². The second-order valence-electron chi connectivity index (χ2n) is 21.4. The third kappa shape index (κ3) is 13.0. The van der Waals surface area contributed by atoms with Gasteiger partial charge in [-0.25, -0.2) is 9.97 Å². The van der Waals surface area contributed by atoms with Crippen LogP contribution in [0, 0.1) is 11.3 Å². The van der Waals surface area contributed by atoms with Crippen molar-refractivity contribution in [2.45, 2.75) is 200 Å². The van der Waals surface area contributed by atoms with E-state index in [2.05, 4.69) is 193 Å². The largest absolute Gasteiger partial charge is 0.0901 e. The molecule has 1 saturated carbocycles. The number of nitriles is 1. The first-order valence-electron chi connectivity index (χ1n) is 19.3. The second-order valence-corrected chi connectivity index (χ2v) is 44.3. The molecule has 2 heterocycles. The Hall–Kier alpha value is 0.425. The maximum atomic E-state index is 9.38. The molecule has 0 amide bonds. The Kier molecular flexibility index (Phi) is 19.8. The molecule has 0 aliphatic heterocycles. The van der Waals surface area contributed by atoms with Gasteiger partial charge in [-0.05, 0) is 54.3 Å². The number of hydrogen-bond acceptors (Lipinski definition) is 7. The number of aromatic nitrogens is 3. The normalized spacial score (nSPS) is 17.6. The van der Waals surface area contributed by atoms with Crippen LogP contribution >= 0.6 is 54.2 Å². The number of benzene rings is 1. The van der Waals surface area contributed by atoms with Crippen molar-refractivity contribution in [2.24, 2.45) is 0 Å². The Bertz CT molecular complexity index is 1640. The molecular weight excluding hydrogens is 1070 g/mol. The summed E-state index contributed by atoms with van der Waals surface area (Å²) >= 11 is 10.1. The van der Waals surface area contributed by atoms with Gasteiger partial charge in [0.1, 0.15) is 11.5 Å². The Labute approximate surface area is 391 Å². The molecule has 326 valence electrons.